The van der Waals surface area contributed by atoms with E-state index in [2.05, 4.69) is 15.1 Å². The Balaban J connectivity index is 1.95. The van der Waals surface area contributed by atoms with E-state index in [-0.39, 0.29) is 10.6 Å². The van der Waals surface area contributed by atoms with Gasteiger partial charge in [0, 0.05) is 13.1 Å². The maximum absolute atomic E-state index is 11.9. The van der Waals surface area contributed by atoms with Crippen molar-refractivity contribution in [2.75, 3.05) is 11.4 Å². The molecule has 0 saturated carbocycles. The number of anilines is 1. The second-order valence-corrected chi connectivity index (χ2v) is 6.15. The van der Waals surface area contributed by atoms with Crippen molar-refractivity contribution in [2.45, 2.75) is 45.9 Å². The number of aromatic nitrogens is 4. The molecule has 1 aliphatic rings. The fraction of sp³-hybridized carbons (Fsp3) is 0.533. The van der Waals surface area contributed by atoms with E-state index in [0.29, 0.717) is 30.3 Å². The molecule has 0 bridgehead atoms. The van der Waals surface area contributed by atoms with Gasteiger partial charge in [-0.25, -0.2) is 4.98 Å². The molecule has 2 aromatic heterocycles. The van der Waals surface area contributed by atoms with Crippen molar-refractivity contribution in [2.24, 2.45) is 0 Å². The van der Waals surface area contributed by atoms with Crippen LogP contribution >= 0.6 is 11.6 Å². The lowest BCUT2D eigenvalue weighted by molar-refractivity contribution is 0.168. The Kier molecular flexibility index (Phi) is 4.41. The van der Waals surface area contributed by atoms with Gasteiger partial charge in [0.05, 0.1) is 24.0 Å². The maximum Gasteiger partial charge on any atom is 0.271 e. The monoisotopic (exact) mass is 337 g/mol. The number of hydrogen-bond acceptors (Lipinski definition) is 5. The molecular formula is C15H20ClN5O2. The number of nitrogens with zero attached hydrogens (tertiary/aromatic N) is 4. The lowest BCUT2D eigenvalue weighted by Gasteiger charge is -2.22. The topological polar surface area (TPSA) is 87.0 Å². The third kappa shape index (κ3) is 3.11. The summed E-state index contributed by atoms with van der Waals surface area (Å²) in [6.07, 6.45) is 0.937. The van der Waals surface area contributed by atoms with E-state index in [1.54, 1.807) is 6.92 Å². The molecular weight excluding hydrogens is 318 g/mol. The SMILES string of the molecule is CC[C@@H](O)c1cc2n(n1)CCCN(c1nc(C)[nH]c(=O)c1Cl)C2. The Morgan fingerprint density at radius 3 is 3.00 bits per heavy atom. The molecule has 2 aromatic rings. The van der Waals surface area contributed by atoms with Crippen LogP contribution in [0.4, 0.5) is 5.82 Å². The summed E-state index contributed by atoms with van der Waals surface area (Å²) in [5.41, 5.74) is 1.35. The molecule has 0 radical (unpaired) electrons. The Labute approximate surface area is 138 Å². The number of aryl methyl sites for hydroxylation is 2. The van der Waals surface area contributed by atoms with Gasteiger partial charge in [-0.15, -0.1) is 0 Å². The highest BCUT2D eigenvalue weighted by molar-refractivity contribution is 6.32. The number of aliphatic hydroxyl groups excluding tert-OH is 1. The molecule has 0 aromatic carbocycles. The number of nitrogens with one attached hydrogen (secondary N) is 1. The summed E-state index contributed by atoms with van der Waals surface area (Å²) in [6.45, 7) is 5.72. The molecule has 23 heavy (non-hydrogen) atoms. The molecule has 1 aliphatic heterocycles. The largest absolute Gasteiger partial charge is 0.387 e. The second kappa shape index (κ2) is 6.33. The zero-order valence-electron chi connectivity index (χ0n) is 13.2. The van der Waals surface area contributed by atoms with Gasteiger partial charge >= 0.3 is 0 Å². The fourth-order valence-corrected chi connectivity index (χ4v) is 3.01. The molecule has 0 aliphatic carbocycles. The lowest BCUT2D eigenvalue weighted by Crippen LogP contribution is -2.27. The van der Waals surface area contributed by atoms with E-state index in [1.165, 1.54) is 0 Å². The molecule has 0 fully saturated rings. The first kappa shape index (κ1) is 16.0. The first-order valence-electron chi connectivity index (χ1n) is 7.75. The minimum absolute atomic E-state index is 0.109. The number of rotatable bonds is 3. The maximum atomic E-state index is 11.9. The van der Waals surface area contributed by atoms with Crippen molar-refractivity contribution in [1.82, 2.24) is 19.7 Å². The van der Waals surface area contributed by atoms with E-state index in [4.69, 9.17) is 11.6 Å². The van der Waals surface area contributed by atoms with E-state index in [0.717, 1.165) is 25.2 Å². The van der Waals surface area contributed by atoms with Crippen LogP contribution in [0.2, 0.25) is 5.02 Å². The number of aliphatic hydroxyl groups is 1. The predicted molar refractivity (Wildman–Crippen MR) is 87.7 cm³/mol. The zero-order valence-corrected chi connectivity index (χ0v) is 14.0. The fourth-order valence-electron chi connectivity index (χ4n) is 2.80. The average Bonchev–Trinajstić information content (AvgIpc) is 2.82. The van der Waals surface area contributed by atoms with Crippen LogP contribution in [-0.4, -0.2) is 31.4 Å². The standard InChI is InChI=1S/C15H20ClN5O2/c1-3-12(22)11-7-10-8-20(5-4-6-21(10)19-11)14-13(16)15(23)18-9(2)17-14/h7,12,22H,3-6,8H2,1-2H3,(H,17,18,23)/t12-/m1/s1. The van der Waals surface area contributed by atoms with Gasteiger partial charge in [-0.3, -0.25) is 9.48 Å². The quantitative estimate of drug-likeness (QED) is 0.891. The van der Waals surface area contributed by atoms with E-state index in [9.17, 15) is 9.90 Å². The Morgan fingerprint density at radius 1 is 1.48 bits per heavy atom. The summed E-state index contributed by atoms with van der Waals surface area (Å²) < 4.78 is 1.92. The van der Waals surface area contributed by atoms with E-state index >= 15 is 0 Å². The molecule has 0 amide bonds. The highest BCUT2D eigenvalue weighted by atomic mass is 35.5. The van der Waals surface area contributed by atoms with Crippen molar-refractivity contribution >= 4 is 17.4 Å². The normalized spacial score (nSPS) is 16.1. The number of halogens is 1. The Hall–Kier alpha value is -1.86. The summed E-state index contributed by atoms with van der Waals surface area (Å²) >= 11 is 6.15. The van der Waals surface area contributed by atoms with Crippen LogP contribution in [0.5, 0.6) is 0 Å². The number of H-pyrrole nitrogens is 1. The van der Waals surface area contributed by atoms with Crippen LogP contribution in [-0.2, 0) is 13.1 Å². The van der Waals surface area contributed by atoms with Crippen LogP contribution in [0, 0.1) is 6.92 Å². The molecule has 1 atom stereocenters. The second-order valence-electron chi connectivity index (χ2n) is 5.77. The number of fused-ring (bicyclic) bond motifs is 1. The molecule has 0 unspecified atom stereocenters. The van der Waals surface area contributed by atoms with Gasteiger partial charge in [0.15, 0.2) is 5.82 Å². The Morgan fingerprint density at radius 2 is 2.26 bits per heavy atom. The lowest BCUT2D eigenvalue weighted by atomic mass is 10.2. The van der Waals surface area contributed by atoms with Crippen molar-refractivity contribution in [3.05, 3.63) is 38.7 Å². The molecule has 124 valence electrons. The molecule has 3 heterocycles. The van der Waals surface area contributed by atoms with Crippen LogP contribution in [0.1, 0.15) is 43.1 Å². The zero-order chi connectivity index (χ0) is 16.6. The minimum Gasteiger partial charge on any atom is -0.387 e. The summed E-state index contributed by atoms with van der Waals surface area (Å²) in [5, 5.41) is 14.6. The van der Waals surface area contributed by atoms with Crippen LogP contribution in [0.3, 0.4) is 0 Å². The van der Waals surface area contributed by atoms with Gasteiger partial charge in [-0.1, -0.05) is 18.5 Å². The highest BCUT2D eigenvalue weighted by Gasteiger charge is 2.22. The molecule has 0 saturated heterocycles. The van der Waals surface area contributed by atoms with E-state index < -0.39 is 6.10 Å². The summed E-state index contributed by atoms with van der Waals surface area (Å²) in [6, 6.07) is 1.92. The first-order valence-corrected chi connectivity index (χ1v) is 8.13. The summed E-state index contributed by atoms with van der Waals surface area (Å²) in [4.78, 5) is 20.8. The first-order chi connectivity index (χ1) is 11.0. The average molecular weight is 338 g/mol. The third-order valence-electron chi connectivity index (χ3n) is 4.02. The molecule has 3 rings (SSSR count). The van der Waals surface area contributed by atoms with E-state index in [1.807, 2.05) is 22.6 Å². The van der Waals surface area contributed by atoms with Crippen molar-refractivity contribution < 1.29 is 5.11 Å². The molecule has 2 N–H and O–H groups in total. The van der Waals surface area contributed by atoms with Crippen LogP contribution in [0.15, 0.2) is 10.9 Å². The third-order valence-corrected chi connectivity index (χ3v) is 4.37. The van der Waals surface area contributed by atoms with Gasteiger partial charge in [0.1, 0.15) is 10.8 Å². The van der Waals surface area contributed by atoms with Gasteiger partial charge in [0.25, 0.3) is 5.56 Å². The minimum atomic E-state index is -0.550. The molecule has 8 heteroatoms. The Bertz CT molecular complexity index is 770. The van der Waals surface area contributed by atoms with Gasteiger partial charge in [0.2, 0.25) is 0 Å². The smallest absolute Gasteiger partial charge is 0.271 e. The molecule has 7 nitrogen and oxygen atoms in total. The van der Waals surface area contributed by atoms with Gasteiger partial charge in [-0.2, -0.15) is 5.10 Å². The number of aromatic amines is 1. The van der Waals surface area contributed by atoms with Gasteiger partial charge < -0.3 is 15.0 Å². The van der Waals surface area contributed by atoms with Crippen molar-refractivity contribution in [3.8, 4) is 0 Å². The molecule has 0 spiro atoms. The van der Waals surface area contributed by atoms with Crippen molar-refractivity contribution in [1.29, 1.82) is 0 Å². The van der Waals surface area contributed by atoms with Gasteiger partial charge in [-0.05, 0) is 25.8 Å². The summed E-state index contributed by atoms with van der Waals surface area (Å²) in [5.74, 6) is 1.04. The van der Waals surface area contributed by atoms with Crippen molar-refractivity contribution in [3.63, 3.8) is 0 Å². The highest BCUT2D eigenvalue weighted by Crippen LogP contribution is 2.25. The number of hydrogen-bond donors (Lipinski definition) is 2. The van der Waals surface area contributed by atoms with Crippen LogP contribution in [0.25, 0.3) is 0 Å². The predicted octanol–water partition coefficient (Wildman–Crippen LogP) is 1.78. The van der Waals surface area contributed by atoms with Crippen LogP contribution < -0.4 is 10.5 Å². The summed E-state index contributed by atoms with van der Waals surface area (Å²) in [7, 11) is 0.